The molecule has 2 aromatic carbocycles. The van der Waals surface area contributed by atoms with Crippen LogP contribution in [0.4, 0.5) is 5.82 Å². The molecule has 0 saturated carbocycles. The molecule has 140 valence electrons. The monoisotopic (exact) mass is 362 g/mol. The molecule has 0 radical (unpaired) electrons. The quantitative estimate of drug-likeness (QED) is 0.719. The molecule has 3 aromatic rings. The molecule has 27 heavy (non-hydrogen) atoms. The Kier molecular flexibility index (Phi) is 5.21. The summed E-state index contributed by atoms with van der Waals surface area (Å²) >= 11 is 0. The average Bonchev–Trinajstić information content (AvgIpc) is 3.34. The van der Waals surface area contributed by atoms with Gasteiger partial charge >= 0.3 is 0 Å². The minimum absolute atomic E-state index is 0.117. The third kappa shape index (κ3) is 4.03. The van der Waals surface area contributed by atoms with Crippen LogP contribution in [0.1, 0.15) is 35.2 Å². The molecule has 5 nitrogen and oxygen atoms in total. The van der Waals surface area contributed by atoms with Crippen LogP contribution in [0.5, 0.6) is 0 Å². The molecule has 0 atom stereocenters. The number of amides is 1. The highest BCUT2D eigenvalue weighted by atomic mass is 16.1. The molecule has 0 spiro atoms. The smallest absolute Gasteiger partial charge is 0.257 e. The Morgan fingerprint density at radius 2 is 1.81 bits per heavy atom. The molecule has 5 heteroatoms. The first-order valence-electron chi connectivity index (χ1n) is 9.76. The van der Waals surface area contributed by atoms with Gasteiger partial charge in [0.15, 0.2) is 5.82 Å². The summed E-state index contributed by atoms with van der Waals surface area (Å²) in [7, 11) is 0. The van der Waals surface area contributed by atoms with Crippen LogP contribution >= 0.6 is 0 Å². The normalized spacial score (nSPS) is 14.7. The number of anilines is 1. The summed E-state index contributed by atoms with van der Waals surface area (Å²) in [6.45, 7) is 6.51. The Morgan fingerprint density at radius 1 is 1.04 bits per heavy atom. The van der Waals surface area contributed by atoms with Gasteiger partial charge in [0.25, 0.3) is 5.91 Å². The summed E-state index contributed by atoms with van der Waals surface area (Å²) in [5, 5.41) is 9.53. The van der Waals surface area contributed by atoms with Crippen molar-refractivity contribution in [2.75, 3.05) is 25.0 Å². The molecule has 1 aromatic heterocycles. The molecule has 1 amide bonds. The van der Waals surface area contributed by atoms with E-state index in [1.54, 1.807) is 0 Å². The lowest BCUT2D eigenvalue weighted by atomic mass is 10.00. The van der Waals surface area contributed by atoms with Gasteiger partial charge in [-0.1, -0.05) is 30.3 Å². The van der Waals surface area contributed by atoms with Crippen LogP contribution in [0.3, 0.4) is 0 Å². The average molecular weight is 362 g/mol. The van der Waals surface area contributed by atoms with E-state index in [1.807, 2.05) is 47.3 Å². The first kappa shape index (κ1) is 17.7. The van der Waals surface area contributed by atoms with E-state index in [1.165, 1.54) is 31.5 Å². The van der Waals surface area contributed by atoms with Crippen molar-refractivity contribution in [3.8, 4) is 0 Å². The number of aromatic nitrogens is 2. The van der Waals surface area contributed by atoms with E-state index in [2.05, 4.69) is 28.3 Å². The number of fused-ring (bicyclic) bond motifs is 1. The van der Waals surface area contributed by atoms with Gasteiger partial charge in [0.1, 0.15) is 0 Å². The van der Waals surface area contributed by atoms with Crippen LogP contribution in [-0.4, -0.2) is 40.2 Å². The molecule has 0 bridgehead atoms. The predicted molar refractivity (Wildman–Crippen MR) is 109 cm³/mol. The maximum atomic E-state index is 12.8. The van der Waals surface area contributed by atoms with Gasteiger partial charge in [-0.15, -0.1) is 0 Å². The molecule has 1 aliphatic heterocycles. The second-order valence-electron chi connectivity index (χ2n) is 7.30. The molecule has 0 aliphatic carbocycles. The maximum Gasteiger partial charge on any atom is 0.257 e. The second kappa shape index (κ2) is 7.92. The summed E-state index contributed by atoms with van der Waals surface area (Å²) in [6, 6.07) is 13.8. The fraction of sp³-hybridized carbons (Fsp3) is 0.364. The van der Waals surface area contributed by atoms with Gasteiger partial charge in [-0.2, -0.15) is 5.10 Å². The number of rotatable bonds is 6. The van der Waals surface area contributed by atoms with E-state index in [4.69, 9.17) is 0 Å². The minimum Gasteiger partial charge on any atom is -0.305 e. The van der Waals surface area contributed by atoms with Crippen molar-refractivity contribution in [2.45, 2.75) is 32.7 Å². The van der Waals surface area contributed by atoms with E-state index < -0.39 is 0 Å². The van der Waals surface area contributed by atoms with E-state index in [0.717, 1.165) is 30.3 Å². The van der Waals surface area contributed by atoms with Crippen molar-refractivity contribution in [1.82, 2.24) is 14.7 Å². The molecule has 0 unspecified atom stereocenters. The molecule has 1 saturated heterocycles. The number of nitrogens with zero attached hydrogens (tertiary/aromatic N) is 3. The molecule has 4 rings (SSSR count). The summed E-state index contributed by atoms with van der Waals surface area (Å²) in [5.41, 5.74) is 1.85. The van der Waals surface area contributed by atoms with Crippen LogP contribution in [0.2, 0.25) is 0 Å². The van der Waals surface area contributed by atoms with Gasteiger partial charge in [0.2, 0.25) is 0 Å². The molecule has 2 heterocycles. The molecular weight excluding hydrogens is 336 g/mol. The Labute approximate surface area is 160 Å². The third-order valence-corrected chi connectivity index (χ3v) is 5.33. The van der Waals surface area contributed by atoms with Crippen LogP contribution < -0.4 is 5.32 Å². The number of carbonyl (C=O) groups excluding carboxylic acids is 1. The zero-order valence-corrected chi connectivity index (χ0v) is 15.8. The van der Waals surface area contributed by atoms with Crippen molar-refractivity contribution >= 4 is 22.5 Å². The Bertz CT molecular complexity index is 940. The Balaban J connectivity index is 1.40. The van der Waals surface area contributed by atoms with Crippen LogP contribution in [-0.2, 0) is 6.54 Å². The molecular formula is C22H26N4O. The Morgan fingerprint density at radius 3 is 2.63 bits per heavy atom. The lowest BCUT2D eigenvalue weighted by molar-refractivity contribution is 0.102. The van der Waals surface area contributed by atoms with Gasteiger partial charge in [-0.3, -0.25) is 9.48 Å². The minimum atomic E-state index is -0.117. The van der Waals surface area contributed by atoms with Gasteiger partial charge in [-0.25, -0.2) is 0 Å². The number of carbonyl (C=O) groups is 1. The van der Waals surface area contributed by atoms with Crippen molar-refractivity contribution in [2.24, 2.45) is 0 Å². The molecule has 1 fully saturated rings. The standard InChI is InChI=1S/C22H26N4O/c1-17-9-10-20(19-8-3-2-7-18(17)19)22(27)23-21-11-16-26(24-21)15-6-14-25-12-4-5-13-25/h2-3,7-11,16H,4-6,12-15H2,1H3,(H,23,24,27). The fourth-order valence-corrected chi connectivity index (χ4v) is 3.85. The van der Waals surface area contributed by atoms with Gasteiger partial charge in [0, 0.05) is 24.4 Å². The maximum absolute atomic E-state index is 12.8. The van der Waals surface area contributed by atoms with Crippen LogP contribution in [0, 0.1) is 6.92 Å². The van der Waals surface area contributed by atoms with Gasteiger partial charge in [-0.05, 0) is 68.2 Å². The highest BCUT2D eigenvalue weighted by molar-refractivity contribution is 6.13. The van der Waals surface area contributed by atoms with Gasteiger partial charge < -0.3 is 10.2 Å². The van der Waals surface area contributed by atoms with Crippen molar-refractivity contribution in [3.05, 3.63) is 59.8 Å². The number of benzene rings is 2. The number of hydrogen-bond donors (Lipinski definition) is 1. The van der Waals surface area contributed by atoms with E-state index >= 15 is 0 Å². The summed E-state index contributed by atoms with van der Waals surface area (Å²) in [5.74, 6) is 0.486. The van der Waals surface area contributed by atoms with Crippen molar-refractivity contribution in [3.63, 3.8) is 0 Å². The number of nitrogens with one attached hydrogen (secondary N) is 1. The first-order valence-corrected chi connectivity index (χ1v) is 9.76. The largest absolute Gasteiger partial charge is 0.305 e. The highest BCUT2D eigenvalue weighted by Gasteiger charge is 2.13. The van der Waals surface area contributed by atoms with Crippen LogP contribution in [0.15, 0.2) is 48.7 Å². The zero-order chi connectivity index (χ0) is 18.6. The van der Waals surface area contributed by atoms with E-state index in [-0.39, 0.29) is 5.91 Å². The van der Waals surface area contributed by atoms with Gasteiger partial charge in [0.05, 0.1) is 0 Å². The zero-order valence-electron chi connectivity index (χ0n) is 15.8. The van der Waals surface area contributed by atoms with E-state index in [0.29, 0.717) is 11.4 Å². The van der Waals surface area contributed by atoms with Crippen molar-refractivity contribution in [1.29, 1.82) is 0 Å². The molecule has 1 aliphatic rings. The number of likely N-dealkylation sites (tertiary alicyclic amines) is 1. The summed E-state index contributed by atoms with van der Waals surface area (Å²) in [6.07, 6.45) is 5.67. The fourth-order valence-electron chi connectivity index (χ4n) is 3.85. The predicted octanol–water partition coefficient (Wildman–Crippen LogP) is 4.08. The summed E-state index contributed by atoms with van der Waals surface area (Å²) in [4.78, 5) is 15.3. The Hall–Kier alpha value is -2.66. The lowest BCUT2D eigenvalue weighted by Gasteiger charge is -2.13. The summed E-state index contributed by atoms with van der Waals surface area (Å²) < 4.78 is 1.92. The SMILES string of the molecule is Cc1ccc(C(=O)Nc2ccn(CCCN3CCCC3)n2)c2ccccc12. The first-order chi connectivity index (χ1) is 13.2. The lowest BCUT2D eigenvalue weighted by Crippen LogP contribution is -2.21. The second-order valence-corrected chi connectivity index (χ2v) is 7.30. The van der Waals surface area contributed by atoms with Crippen LogP contribution in [0.25, 0.3) is 10.8 Å². The van der Waals surface area contributed by atoms with E-state index in [9.17, 15) is 4.79 Å². The van der Waals surface area contributed by atoms with Crippen molar-refractivity contribution < 1.29 is 4.79 Å². The number of hydrogen-bond acceptors (Lipinski definition) is 3. The highest BCUT2D eigenvalue weighted by Crippen LogP contribution is 2.23. The topological polar surface area (TPSA) is 50.2 Å². The number of aryl methyl sites for hydroxylation is 2. The molecule has 1 N–H and O–H groups in total. The third-order valence-electron chi connectivity index (χ3n) is 5.33.